The number of likely N-dealkylation sites (tertiary alicyclic amines) is 1. The molecule has 1 heterocycles. The van der Waals surface area contributed by atoms with Crippen LogP contribution in [-0.2, 0) is 19.2 Å². The van der Waals surface area contributed by atoms with Crippen LogP contribution in [0.1, 0.15) is 66.7 Å². The van der Waals surface area contributed by atoms with Crippen molar-refractivity contribution in [3.05, 3.63) is 0 Å². The van der Waals surface area contributed by atoms with E-state index in [1.165, 1.54) is 0 Å². The van der Waals surface area contributed by atoms with Crippen LogP contribution in [0.25, 0.3) is 0 Å². The highest BCUT2D eigenvalue weighted by Gasteiger charge is 2.56. The SMILES string of the molecule is CC(C)(C)[C@H](N)C(=O)N1C[C@H]2[C@H](CCC2(C)C)[C@H]1C(=O)NC(CC1CC1)C(=O)C(N)=O. The number of carbonyl (C=O) groups excluding carboxylic acids is 4. The molecule has 0 bridgehead atoms. The maximum atomic E-state index is 13.5. The summed E-state index contributed by atoms with van der Waals surface area (Å²) in [5.41, 5.74) is 11.1. The molecule has 5 atom stereocenters. The summed E-state index contributed by atoms with van der Waals surface area (Å²) in [7, 11) is 0. The van der Waals surface area contributed by atoms with Crippen LogP contribution in [0, 0.1) is 28.6 Å². The van der Waals surface area contributed by atoms with Crippen molar-refractivity contribution in [3.8, 4) is 0 Å². The van der Waals surface area contributed by atoms with E-state index in [1.807, 2.05) is 20.8 Å². The lowest BCUT2D eigenvalue weighted by Gasteiger charge is -2.34. The number of fused-ring (bicyclic) bond motifs is 1. The highest BCUT2D eigenvalue weighted by Crippen LogP contribution is 2.53. The van der Waals surface area contributed by atoms with E-state index in [9.17, 15) is 19.2 Å². The molecular weight excluding hydrogens is 396 g/mol. The van der Waals surface area contributed by atoms with Crippen molar-refractivity contribution in [2.24, 2.45) is 40.1 Å². The average molecular weight is 435 g/mol. The minimum atomic E-state index is -1.04. The zero-order valence-corrected chi connectivity index (χ0v) is 19.4. The van der Waals surface area contributed by atoms with Gasteiger partial charge in [0.1, 0.15) is 6.04 Å². The molecular formula is C23H38N4O4. The van der Waals surface area contributed by atoms with Crippen molar-refractivity contribution in [2.45, 2.75) is 84.8 Å². The molecule has 3 amide bonds. The predicted molar refractivity (Wildman–Crippen MR) is 116 cm³/mol. The third kappa shape index (κ3) is 4.78. The van der Waals surface area contributed by atoms with Crippen molar-refractivity contribution in [2.75, 3.05) is 6.54 Å². The van der Waals surface area contributed by atoms with Crippen molar-refractivity contribution in [1.29, 1.82) is 0 Å². The summed E-state index contributed by atoms with van der Waals surface area (Å²) >= 11 is 0. The van der Waals surface area contributed by atoms with Gasteiger partial charge in [0.05, 0.1) is 12.1 Å². The fourth-order valence-corrected chi connectivity index (χ4v) is 5.28. The highest BCUT2D eigenvalue weighted by atomic mass is 16.2. The minimum absolute atomic E-state index is 0.0105. The van der Waals surface area contributed by atoms with E-state index in [0.717, 1.165) is 25.7 Å². The van der Waals surface area contributed by atoms with E-state index in [-0.39, 0.29) is 29.1 Å². The molecule has 31 heavy (non-hydrogen) atoms. The second-order valence-corrected chi connectivity index (χ2v) is 11.5. The van der Waals surface area contributed by atoms with Crippen molar-refractivity contribution in [3.63, 3.8) is 0 Å². The summed E-state index contributed by atoms with van der Waals surface area (Å²) in [6.45, 7) is 10.6. The lowest BCUT2D eigenvalue weighted by molar-refractivity contribution is -0.144. The van der Waals surface area contributed by atoms with Crippen LogP contribution in [0.4, 0.5) is 0 Å². The van der Waals surface area contributed by atoms with Gasteiger partial charge in [-0.15, -0.1) is 0 Å². The summed E-state index contributed by atoms with van der Waals surface area (Å²) in [5.74, 6) is -1.91. The number of hydrogen-bond donors (Lipinski definition) is 3. The molecule has 5 N–H and O–H groups in total. The Bertz CT molecular complexity index is 768. The summed E-state index contributed by atoms with van der Waals surface area (Å²) in [4.78, 5) is 52.3. The highest BCUT2D eigenvalue weighted by molar-refractivity contribution is 6.37. The maximum Gasteiger partial charge on any atom is 0.287 e. The summed E-state index contributed by atoms with van der Waals surface area (Å²) in [5, 5.41) is 2.79. The Labute approximate surface area is 184 Å². The number of primary amides is 1. The average Bonchev–Trinajstić information content (AvgIpc) is 3.31. The Morgan fingerprint density at radius 1 is 1.13 bits per heavy atom. The number of Topliss-reactive ketones (excluding diaryl/α,β-unsaturated/α-hetero) is 1. The molecule has 3 fully saturated rings. The number of nitrogens with one attached hydrogen (secondary N) is 1. The quantitative estimate of drug-likeness (QED) is 0.513. The number of amides is 3. The van der Waals surface area contributed by atoms with E-state index in [1.54, 1.807) is 4.90 Å². The van der Waals surface area contributed by atoms with Crippen LogP contribution < -0.4 is 16.8 Å². The third-order valence-electron chi connectivity index (χ3n) is 7.67. The topological polar surface area (TPSA) is 136 Å². The summed E-state index contributed by atoms with van der Waals surface area (Å²) in [6.07, 6.45) is 4.18. The van der Waals surface area contributed by atoms with E-state index in [2.05, 4.69) is 19.2 Å². The van der Waals surface area contributed by atoms with Gasteiger partial charge in [-0.25, -0.2) is 0 Å². The first kappa shape index (κ1) is 23.7. The van der Waals surface area contributed by atoms with Gasteiger partial charge in [-0.3, -0.25) is 19.2 Å². The number of nitrogens with two attached hydrogens (primary N) is 2. The summed E-state index contributed by atoms with van der Waals surface area (Å²) < 4.78 is 0. The van der Waals surface area contributed by atoms with Crippen LogP contribution in [0.15, 0.2) is 0 Å². The zero-order chi connectivity index (χ0) is 23.3. The molecule has 0 aromatic heterocycles. The molecule has 0 aromatic rings. The molecule has 8 nitrogen and oxygen atoms in total. The molecule has 2 saturated carbocycles. The summed E-state index contributed by atoms with van der Waals surface area (Å²) in [6, 6.07) is -2.35. The van der Waals surface area contributed by atoms with E-state index >= 15 is 0 Å². The molecule has 3 rings (SSSR count). The molecule has 1 unspecified atom stereocenters. The molecule has 174 valence electrons. The Morgan fingerprint density at radius 2 is 1.74 bits per heavy atom. The van der Waals surface area contributed by atoms with E-state index < -0.39 is 35.2 Å². The van der Waals surface area contributed by atoms with Gasteiger partial charge in [-0.1, -0.05) is 47.5 Å². The van der Waals surface area contributed by atoms with Crippen molar-refractivity contribution < 1.29 is 19.2 Å². The Morgan fingerprint density at radius 3 is 2.26 bits per heavy atom. The van der Waals surface area contributed by atoms with Crippen molar-refractivity contribution in [1.82, 2.24) is 10.2 Å². The lowest BCUT2D eigenvalue weighted by Crippen LogP contribution is -2.58. The molecule has 2 aliphatic carbocycles. The van der Waals surface area contributed by atoms with Gasteiger partial charge in [0.15, 0.2) is 0 Å². The number of hydrogen-bond acceptors (Lipinski definition) is 5. The number of nitrogens with zero attached hydrogens (tertiary/aromatic N) is 1. The van der Waals surface area contributed by atoms with Crippen LogP contribution in [-0.4, -0.2) is 53.1 Å². The predicted octanol–water partition coefficient (Wildman–Crippen LogP) is 0.962. The Hall–Kier alpha value is -1.96. The minimum Gasteiger partial charge on any atom is -0.363 e. The van der Waals surface area contributed by atoms with Gasteiger partial charge in [-0.2, -0.15) is 0 Å². The smallest absolute Gasteiger partial charge is 0.287 e. The second kappa shape index (κ2) is 8.19. The lowest BCUT2D eigenvalue weighted by atomic mass is 9.79. The molecule has 0 spiro atoms. The van der Waals surface area contributed by atoms with Crippen molar-refractivity contribution >= 4 is 23.5 Å². The largest absolute Gasteiger partial charge is 0.363 e. The van der Waals surface area contributed by atoms with Crippen LogP contribution in [0.5, 0.6) is 0 Å². The van der Waals surface area contributed by atoms with Gasteiger partial charge in [0.2, 0.25) is 17.6 Å². The second-order valence-electron chi connectivity index (χ2n) is 11.5. The number of carbonyl (C=O) groups is 4. The van der Waals surface area contributed by atoms with Gasteiger partial charge in [-0.05, 0) is 47.8 Å². The van der Waals surface area contributed by atoms with Gasteiger partial charge in [0.25, 0.3) is 5.91 Å². The Balaban J connectivity index is 1.86. The number of ketones is 1. The normalized spacial score (nSPS) is 29.2. The zero-order valence-electron chi connectivity index (χ0n) is 19.4. The van der Waals surface area contributed by atoms with Crippen LogP contribution >= 0.6 is 0 Å². The van der Waals surface area contributed by atoms with Crippen LogP contribution in [0.2, 0.25) is 0 Å². The molecule has 0 radical (unpaired) electrons. The molecule has 1 aliphatic heterocycles. The van der Waals surface area contributed by atoms with E-state index in [0.29, 0.717) is 18.9 Å². The monoisotopic (exact) mass is 434 g/mol. The third-order valence-corrected chi connectivity index (χ3v) is 7.67. The molecule has 3 aliphatic rings. The standard InChI is InChI=1S/C23H38N4O4/c1-22(2,3)18(24)21(31)27-11-14-13(8-9-23(14,4)5)16(27)20(30)26-15(10-12-6-7-12)17(28)19(25)29/h12-16,18H,6-11,24H2,1-5H3,(H2,25,29)(H,26,30)/t13-,14-,15?,16-,18+/m0/s1. The fraction of sp³-hybridized carbons (Fsp3) is 0.826. The van der Waals surface area contributed by atoms with Crippen LogP contribution in [0.3, 0.4) is 0 Å². The maximum absolute atomic E-state index is 13.5. The van der Waals surface area contributed by atoms with Gasteiger partial charge in [0, 0.05) is 6.54 Å². The van der Waals surface area contributed by atoms with Gasteiger partial charge >= 0.3 is 0 Å². The molecule has 0 aromatic carbocycles. The first-order valence-electron chi connectivity index (χ1n) is 11.4. The van der Waals surface area contributed by atoms with Gasteiger partial charge < -0.3 is 21.7 Å². The first-order chi connectivity index (χ1) is 14.2. The fourth-order valence-electron chi connectivity index (χ4n) is 5.28. The first-order valence-corrected chi connectivity index (χ1v) is 11.4. The Kier molecular flexibility index (Phi) is 6.26. The number of rotatable bonds is 7. The molecule has 8 heteroatoms. The van der Waals surface area contributed by atoms with E-state index in [4.69, 9.17) is 11.5 Å². The molecule has 1 saturated heterocycles.